The third-order valence-corrected chi connectivity index (χ3v) is 5.34. The highest BCUT2D eigenvalue weighted by Crippen LogP contribution is 2.38. The zero-order chi connectivity index (χ0) is 16.6. The van der Waals surface area contributed by atoms with Crippen LogP contribution in [0.4, 0.5) is 5.82 Å². The number of rotatable bonds is 2. The summed E-state index contributed by atoms with van der Waals surface area (Å²) in [6, 6.07) is 4.00. The van der Waals surface area contributed by atoms with Gasteiger partial charge < -0.3 is 14.4 Å². The second-order valence-electron chi connectivity index (χ2n) is 6.74. The van der Waals surface area contributed by atoms with Gasteiger partial charge in [0.2, 0.25) is 0 Å². The average Bonchev–Trinajstić information content (AvgIpc) is 2.62. The number of hydrogen-bond donors (Lipinski definition) is 0. The molecular formula is C18H24N4O2. The van der Waals surface area contributed by atoms with E-state index in [-0.39, 0.29) is 11.7 Å². The summed E-state index contributed by atoms with van der Waals surface area (Å²) in [7, 11) is 1.81. The molecule has 0 radical (unpaired) electrons. The number of pyridine rings is 1. The van der Waals surface area contributed by atoms with Crippen molar-refractivity contribution in [1.29, 1.82) is 0 Å². The van der Waals surface area contributed by atoms with Crippen LogP contribution in [-0.2, 0) is 9.47 Å². The molecule has 2 aliphatic rings. The molecule has 2 fully saturated rings. The van der Waals surface area contributed by atoms with Gasteiger partial charge in [0.05, 0.1) is 17.1 Å². The first kappa shape index (κ1) is 15.7. The fourth-order valence-electron chi connectivity index (χ4n) is 4.09. The number of aryl methyl sites for hydroxylation is 1. The molecule has 4 heterocycles. The average molecular weight is 328 g/mol. The van der Waals surface area contributed by atoms with Gasteiger partial charge in [-0.1, -0.05) is 0 Å². The van der Waals surface area contributed by atoms with Crippen LogP contribution in [-0.4, -0.2) is 53.5 Å². The predicted octanol–water partition coefficient (Wildman–Crippen LogP) is 2.50. The predicted molar refractivity (Wildman–Crippen MR) is 92.2 cm³/mol. The van der Waals surface area contributed by atoms with Crippen LogP contribution in [0.15, 0.2) is 18.3 Å². The van der Waals surface area contributed by atoms with Gasteiger partial charge in [0.25, 0.3) is 0 Å². The van der Waals surface area contributed by atoms with Crippen LogP contribution in [0.25, 0.3) is 11.0 Å². The van der Waals surface area contributed by atoms with Gasteiger partial charge >= 0.3 is 0 Å². The van der Waals surface area contributed by atoms with Gasteiger partial charge in [0, 0.05) is 33.0 Å². The second-order valence-corrected chi connectivity index (χ2v) is 6.74. The van der Waals surface area contributed by atoms with Crippen LogP contribution in [0.2, 0.25) is 0 Å². The van der Waals surface area contributed by atoms with Crippen LogP contribution >= 0.6 is 0 Å². The highest BCUT2D eigenvalue weighted by Gasteiger charge is 2.45. The van der Waals surface area contributed by atoms with Crippen molar-refractivity contribution in [3.8, 4) is 0 Å². The molecule has 2 aliphatic heterocycles. The molecule has 0 amide bonds. The number of nitrogens with zero attached hydrogens (tertiary/aromatic N) is 4. The fraction of sp³-hybridized carbons (Fsp3) is 0.611. The van der Waals surface area contributed by atoms with E-state index in [4.69, 9.17) is 14.5 Å². The molecule has 24 heavy (non-hydrogen) atoms. The lowest BCUT2D eigenvalue weighted by molar-refractivity contribution is -0.175. The Morgan fingerprint density at radius 3 is 2.92 bits per heavy atom. The van der Waals surface area contributed by atoms with Gasteiger partial charge in [0.15, 0.2) is 5.65 Å². The summed E-state index contributed by atoms with van der Waals surface area (Å²) in [5, 5.41) is 1.02. The Hall–Kier alpha value is -1.79. The zero-order valence-electron chi connectivity index (χ0n) is 14.4. The minimum atomic E-state index is -0.125. The lowest BCUT2D eigenvalue weighted by Gasteiger charge is -2.48. The molecule has 2 saturated heterocycles. The second kappa shape index (κ2) is 6.26. The minimum Gasteiger partial charge on any atom is -0.378 e. The molecule has 6 nitrogen and oxygen atoms in total. The van der Waals surface area contributed by atoms with Gasteiger partial charge in [-0.25, -0.2) is 15.0 Å². The van der Waals surface area contributed by atoms with Crippen molar-refractivity contribution in [2.24, 2.45) is 0 Å². The maximum atomic E-state index is 6.21. The van der Waals surface area contributed by atoms with E-state index >= 15 is 0 Å². The van der Waals surface area contributed by atoms with Gasteiger partial charge in [-0.2, -0.15) is 0 Å². The van der Waals surface area contributed by atoms with Crippen LogP contribution in [0.1, 0.15) is 31.5 Å². The molecule has 0 saturated carbocycles. The number of anilines is 1. The molecule has 0 aromatic carbocycles. The molecule has 128 valence electrons. The molecule has 2 aromatic rings. The molecule has 0 bridgehead atoms. The van der Waals surface area contributed by atoms with Crippen LogP contribution in [0.3, 0.4) is 0 Å². The summed E-state index contributed by atoms with van der Waals surface area (Å²) in [6.07, 6.45) is 6.11. The minimum absolute atomic E-state index is 0.125. The van der Waals surface area contributed by atoms with Crippen molar-refractivity contribution < 1.29 is 9.47 Å². The quantitative estimate of drug-likeness (QED) is 0.844. The SMILES string of the molecule is CO[C@@H]1CCCOC12CCN(c1nc(C)nc3ncccc13)CC2. The normalized spacial score (nSPS) is 23.8. The Morgan fingerprint density at radius 1 is 1.29 bits per heavy atom. The highest BCUT2D eigenvalue weighted by atomic mass is 16.5. The monoisotopic (exact) mass is 328 g/mol. The van der Waals surface area contributed by atoms with E-state index in [9.17, 15) is 0 Å². The number of hydrogen-bond acceptors (Lipinski definition) is 6. The first-order chi connectivity index (χ1) is 11.7. The smallest absolute Gasteiger partial charge is 0.164 e. The Morgan fingerprint density at radius 2 is 2.12 bits per heavy atom. The van der Waals surface area contributed by atoms with E-state index in [0.29, 0.717) is 0 Å². The van der Waals surface area contributed by atoms with E-state index in [1.54, 1.807) is 13.3 Å². The van der Waals surface area contributed by atoms with Crippen molar-refractivity contribution in [2.75, 3.05) is 31.7 Å². The molecule has 6 heteroatoms. The molecule has 0 N–H and O–H groups in total. The third-order valence-electron chi connectivity index (χ3n) is 5.34. The summed E-state index contributed by atoms with van der Waals surface area (Å²) < 4.78 is 11.9. The number of aromatic nitrogens is 3. The van der Waals surface area contributed by atoms with E-state index in [2.05, 4.69) is 20.9 Å². The van der Waals surface area contributed by atoms with Gasteiger partial charge in [0.1, 0.15) is 11.6 Å². The molecule has 1 spiro atoms. The fourth-order valence-corrected chi connectivity index (χ4v) is 4.09. The van der Waals surface area contributed by atoms with Crippen molar-refractivity contribution in [2.45, 2.75) is 44.3 Å². The lowest BCUT2D eigenvalue weighted by atomic mass is 9.82. The van der Waals surface area contributed by atoms with Gasteiger partial charge in [-0.3, -0.25) is 0 Å². The summed E-state index contributed by atoms with van der Waals surface area (Å²) in [6.45, 7) is 4.61. The molecule has 2 aromatic heterocycles. The standard InChI is InChI=1S/C18H24N4O2/c1-13-20-16-14(5-3-9-19-16)17(21-13)22-10-7-18(8-11-22)15(23-2)6-4-12-24-18/h3,5,9,15H,4,6-8,10-12H2,1-2H3/t15-/m1/s1. The number of piperidine rings is 1. The van der Waals surface area contributed by atoms with Crippen molar-refractivity contribution >= 4 is 16.9 Å². The largest absolute Gasteiger partial charge is 0.378 e. The molecule has 0 unspecified atom stereocenters. The summed E-state index contributed by atoms with van der Waals surface area (Å²) in [5.41, 5.74) is 0.642. The Labute approximate surface area is 142 Å². The highest BCUT2D eigenvalue weighted by molar-refractivity contribution is 5.86. The van der Waals surface area contributed by atoms with Crippen LogP contribution < -0.4 is 4.90 Å². The summed E-state index contributed by atoms with van der Waals surface area (Å²) >= 11 is 0. The third kappa shape index (κ3) is 2.63. The van der Waals surface area contributed by atoms with Gasteiger partial charge in [-0.15, -0.1) is 0 Å². The Balaban J connectivity index is 1.60. The van der Waals surface area contributed by atoms with Crippen molar-refractivity contribution in [3.63, 3.8) is 0 Å². The first-order valence-corrected chi connectivity index (χ1v) is 8.73. The molecule has 1 atom stereocenters. The summed E-state index contributed by atoms with van der Waals surface area (Å²) in [4.78, 5) is 15.9. The van der Waals surface area contributed by atoms with Crippen LogP contribution in [0.5, 0.6) is 0 Å². The molecular weight excluding hydrogens is 304 g/mol. The topological polar surface area (TPSA) is 60.4 Å². The molecule has 4 rings (SSSR count). The maximum absolute atomic E-state index is 6.21. The van der Waals surface area contributed by atoms with Gasteiger partial charge in [-0.05, 0) is 44.7 Å². The van der Waals surface area contributed by atoms with E-state index < -0.39 is 0 Å². The van der Waals surface area contributed by atoms with E-state index in [1.165, 1.54) is 0 Å². The summed E-state index contributed by atoms with van der Waals surface area (Å²) in [5.74, 6) is 1.75. The lowest BCUT2D eigenvalue weighted by Crippen LogP contribution is -2.56. The van der Waals surface area contributed by atoms with E-state index in [0.717, 1.165) is 68.1 Å². The Bertz CT molecular complexity index is 728. The number of ether oxygens (including phenoxy) is 2. The Kier molecular flexibility index (Phi) is 4.10. The maximum Gasteiger partial charge on any atom is 0.164 e. The van der Waals surface area contributed by atoms with Crippen molar-refractivity contribution in [3.05, 3.63) is 24.2 Å². The van der Waals surface area contributed by atoms with E-state index in [1.807, 2.05) is 13.0 Å². The van der Waals surface area contributed by atoms with Crippen molar-refractivity contribution in [1.82, 2.24) is 15.0 Å². The number of methoxy groups -OCH3 is 1. The first-order valence-electron chi connectivity index (χ1n) is 8.73. The number of fused-ring (bicyclic) bond motifs is 1. The van der Waals surface area contributed by atoms with Crippen LogP contribution in [0, 0.1) is 6.92 Å². The zero-order valence-corrected chi connectivity index (χ0v) is 14.4. The molecule has 0 aliphatic carbocycles.